The van der Waals surface area contributed by atoms with Crippen LogP contribution in [0.15, 0.2) is 30.6 Å². The molecule has 34 heavy (non-hydrogen) atoms. The van der Waals surface area contributed by atoms with E-state index in [9.17, 15) is 22.8 Å². The number of rotatable bonds is 7. The van der Waals surface area contributed by atoms with E-state index in [1.807, 2.05) is 0 Å². The zero-order valence-corrected chi connectivity index (χ0v) is 18.1. The smallest absolute Gasteiger partial charge is 0.368 e. The molecule has 4 rings (SSSR count). The van der Waals surface area contributed by atoms with Crippen molar-refractivity contribution in [2.75, 3.05) is 23.3 Å². The van der Waals surface area contributed by atoms with Crippen LogP contribution in [0.1, 0.15) is 42.9 Å². The predicted octanol–water partition coefficient (Wildman–Crippen LogP) is 2.77. The number of hydrogen-bond acceptors (Lipinski definition) is 6. The number of amides is 2. The molecule has 4 N–H and O–H groups in total. The van der Waals surface area contributed by atoms with Crippen molar-refractivity contribution in [2.24, 2.45) is 11.7 Å². The van der Waals surface area contributed by atoms with Gasteiger partial charge in [-0.05, 0) is 43.4 Å². The maximum atomic E-state index is 15.4. The average Bonchev–Trinajstić information content (AvgIpc) is 3.43. The van der Waals surface area contributed by atoms with E-state index in [2.05, 4.69) is 20.6 Å². The standard InChI is InChI=1S/C22H24F4N6O2/c23-17-19(31-15(18(27)33)10-13-7-8-28-21(13)34)29-11-30-20(17)32-9-1-2-16(32)12-3-5-14(6-4-12)22(24,25)26/h3-6,11,13,15-16H,1-2,7-10H2,(H2,27,33)(H,28,34)(H,29,30,31). The van der Waals surface area contributed by atoms with Gasteiger partial charge in [-0.2, -0.15) is 17.6 Å². The largest absolute Gasteiger partial charge is 0.416 e. The number of nitrogens with one attached hydrogen (secondary N) is 2. The Morgan fingerprint density at radius 1 is 1.24 bits per heavy atom. The summed E-state index contributed by atoms with van der Waals surface area (Å²) in [6, 6.07) is 3.40. The predicted molar refractivity (Wildman–Crippen MR) is 115 cm³/mol. The fraction of sp³-hybridized carbons (Fsp3) is 0.455. The number of aromatic nitrogens is 2. The van der Waals surface area contributed by atoms with Gasteiger partial charge in [0.05, 0.1) is 11.6 Å². The summed E-state index contributed by atoms with van der Waals surface area (Å²) in [6.07, 6.45) is -1.36. The molecule has 0 aliphatic carbocycles. The number of halogens is 4. The molecule has 0 spiro atoms. The summed E-state index contributed by atoms with van der Waals surface area (Å²) in [7, 11) is 0. The second-order valence-electron chi connectivity index (χ2n) is 8.44. The topological polar surface area (TPSA) is 113 Å². The third-order valence-corrected chi connectivity index (χ3v) is 6.26. The molecule has 2 saturated heterocycles. The molecular weight excluding hydrogens is 456 g/mol. The van der Waals surface area contributed by atoms with E-state index in [1.165, 1.54) is 12.1 Å². The Labute approximate surface area is 192 Å². The van der Waals surface area contributed by atoms with Crippen LogP contribution < -0.4 is 21.3 Å². The lowest BCUT2D eigenvalue weighted by molar-refractivity contribution is -0.137. The van der Waals surface area contributed by atoms with Crippen LogP contribution in [0.5, 0.6) is 0 Å². The van der Waals surface area contributed by atoms with E-state index in [0.29, 0.717) is 37.9 Å². The summed E-state index contributed by atoms with van der Waals surface area (Å²) in [6.45, 7) is 0.946. The van der Waals surface area contributed by atoms with Crippen LogP contribution in [0.4, 0.5) is 29.2 Å². The summed E-state index contributed by atoms with van der Waals surface area (Å²) >= 11 is 0. The van der Waals surface area contributed by atoms with Crippen molar-refractivity contribution in [3.8, 4) is 0 Å². The second kappa shape index (κ2) is 9.43. The Balaban J connectivity index is 1.55. The highest BCUT2D eigenvalue weighted by Gasteiger charge is 2.34. The van der Waals surface area contributed by atoms with Crippen LogP contribution >= 0.6 is 0 Å². The number of alkyl halides is 3. The molecule has 182 valence electrons. The van der Waals surface area contributed by atoms with E-state index < -0.39 is 35.4 Å². The molecule has 3 heterocycles. The fourth-order valence-corrected chi connectivity index (χ4v) is 4.49. The van der Waals surface area contributed by atoms with E-state index in [-0.39, 0.29) is 30.0 Å². The monoisotopic (exact) mass is 480 g/mol. The summed E-state index contributed by atoms with van der Waals surface area (Å²) in [5.74, 6) is -2.41. The second-order valence-corrected chi connectivity index (χ2v) is 8.44. The zero-order valence-electron chi connectivity index (χ0n) is 18.1. The Morgan fingerprint density at radius 2 is 1.97 bits per heavy atom. The number of nitrogens with two attached hydrogens (primary N) is 1. The molecule has 0 bridgehead atoms. The normalized spacial score (nSPS) is 21.4. The van der Waals surface area contributed by atoms with Gasteiger partial charge in [0.25, 0.3) is 0 Å². The van der Waals surface area contributed by atoms with Crippen LogP contribution in [0.3, 0.4) is 0 Å². The van der Waals surface area contributed by atoms with Gasteiger partial charge < -0.3 is 21.3 Å². The number of benzene rings is 1. The van der Waals surface area contributed by atoms with Crippen LogP contribution in [0, 0.1) is 11.7 Å². The molecule has 1 aromatic carbocycles. The van der Waals surface area contributed by atoms with E-state index in [4.69, 9.17) is 5.73 Å². The Kier molecular flexibility index (Phi) is 6.58. The molecule has 3 atom stereocenters. The third-order valence-electron chi connectivity index (χ3n) is 6.26. The van der Waals surface area contributed by atoms with Crippen molar-refractivity contribution in [3.05, 3.63) is 47.5 Å². The van der Waals surface area contributed by atoms with Gasteiger partial charge in [-0.15, -0.1) is 0 Å². The first kappa shape index (κ1) is 23.7. The van der Waals surface area contributed by atoms with Crippen molar-refractivity contribution in [1.29, 1.82) is 0 Å². The maximum absolute atomic E-state index is 15.4. The molecule has 2 amide bonds. The highest BCUT2D eigenvalue weighted by Crippen LogP contribution is 2.38. The molecule has 1 aromatic heterocycles. The van der Waals surface area contributed by atoms with Crippen molar-refractivity contribution < 1.29 is 27.2 Å². The number of carbonyl (C=O) groups is 2. The van der Waals surface area contributed by atoms with Crippen LogP contribution in [0.2, 0.25) is 0 Å². The lowest BCUT2D eigenvalue weighted by atomic mass is 9.98. The number of nitrogens with zero attached hydrogens (tertiary/aromatic N) is 3. The van der Waals surface area contributed by atoms with E-state index >= 15 is 4.39 Å². The zero-order chi connectivity index (χ0) is 24.5. The summed E-state index contributed by atoms with van der Waals surface area (Å²) in [5, 5.41) is 5.38. The van der Waals surface area contributed by atoms with Crippen molar-refractivity contribution in [2.45, 2.75) is 43.9 Å². The third kappa shape index (κ3) is 4.90. The van der Waals surface area contributed by atoms with Crippen LogP contribution in [0.25, 0.3) is 0 Å². The van der Waals surface area contributed by atoms with Gasteiger partial charge in [-0.3, -0.25) is 9.59 Å². The molecule has 0 saturated carbocycles. The van der Waals surface area contributed by atoms with Gasteiger partial charge in [-0.25, -0.2) is 9.97 Å². The highest BCUT2D eigenvalue weighted by atomic mass is 19.4. The fourth-order valence-electron chi connectivity index (χ4n) is 4.49. The molecule has 2 fully saturated rings. The molecule has 12 heteroatoms. The molecule has 2 aliphatic rings. The van der Waals surface area contributed by atoms with Gasteiger partial charge in [0, 0.05) is 19.0 Å². The number of carbonyl (C=O) groups excluding carboxylic acids is 2. The minimum Gasteiger partial charge on any atom is -0.368 e. The number of primary amides is 1. The first-order chi connectivity index (χ1) is 16.1. The van der Waals surface area contributed by atoms with Crippen molar-refractivity contribution in [3.63, 3.8) is 0 Å². The maximum Gasteiger partial charge on any atom is 0.416 e. The first-order valence-corrected chi connectivity index (χ1v) is 10.9. The Hall–Kier alpha value is -3.44. The Bertz CT molecular complexity index is 1060. The van der Waals surface area contributed by atoms with Gasteiger partial charge in [0.15, 0.2) is 11.6 Å². The minimum atomic E-state index is -4.44. The van der Waals surface area contributed by atoms with Gasteiger partial charge >= 0.3 is 6.18 Å². The number of anilines is 2. The summed E-state index contributed by atoms with van der Waals surface area (Å²) in [5.41, 5.74) is 5.33. The van der Waals surface area contributed by atoms with Crippen molar-refractivity contribution >= 4 is 23.5 Å². The summed E-state index contributed by atoms with van der Waals surface area (Å²) < 4.78 is 54.2. The lowest BCUT2D eigenvalue weighted by Gasteiger charge is -2.27. The molecular formula is C22H24F4N6O2. The van der Waals surface area contributed by atoms with Gasteiger partial charge in [-0.1, -0.05) is 12.1 Å². The van der Waals surface area contributed by atoms with Gasteiger partial charge in [0.2, 0.25) is 17.6 Å². The van der Waals surface area contributed by atoms with Gasteiger partial charge in [0.1, 0.15) is 12.4 Å². The molecule has 3 unspecified atom stereocenters. The van der Waals surface area contributed by atoms with E-state index in [0.717, 1.165) is 18.5 Å². The molecule has 2 aromatic rings. The summed E-state index contributed by atoms with van der Waals surface area (Å²) in [4.78, 5) is 33.5. The van der Waals surface area contributed by atoms with Crippen LogP contribution in [-0.4, -0.2) is 40.9 Å². The number of hydrogen-bond donors (Lipinski definition) is 3. The highest BCUT2D eigenvalue weighted by molar-refractivity contribution is 5.85. The Morgan fingerprint density at radius 3 is 2.59 bits per heavy atom. The minimum absolute atomic E-state index is 0.0262. The molecule has 0 radical (unpaired) electrons. The SMILES string of the molecule is NC(=O)C(CC1CCNC1=O)Nc1ncnc(N2CCCC2c2ccc(C(F)(F)F)cc2)c1F. The quantitative estimate of drug-likeness (QED) is 0.526. The first-order valence-electron chi connectivity index (χ1n) is 10.9. The van der Waals surface area contributed by atoms with E-state index in [1.54, 1.807) is 4.90 Å². The lowest BCUT2D eigenvalue weighted by Crippen LogP contribution is -2.39. The molecule has 2 aliphatic heterocycles. The van der Waals surface area contributed by atoms with Crippen LogP contribution in [-0.2, 0) is 15.8 Å². The van der Waals surface area contributed by atoms with Crippen molar-refractivity contribution in [1.82, 2.24) is 15.3 Å². The molecule has 8 nitrogen and oxygen atoms in total. The average molecular weight is 480 g/mol.